The molecule has 2 amide bonds. The van der Waals surface area contributed by atoms with E-state index in [2.05, 4.69) is 25.6 Å². The molecule has 15 nitrogen and oxygen atoms in total. The molecule has 1 unspecified atom stereocenters. The summed E-state index contributed by atoms with van der Waals surface area (Å²) in [6.45, 7) is 4.68. The number of ether oxygens (including phenoxy) is 4. The van der Waals surface area contributed by atoms with Gasteiger partial charge in [-0.1, -0.05) is 41.9 Å². The zero-order chi connectivity index (χ0) is 30.6. The van der Waals surface area contributed by atoms with Gasteiger partial charge in [0.2, 0.25) is 11.9 Å². The molecule has 0 radical (unpaired) electrons. The number of esters is 3. The van der Waals surface area contributed by atoms with Crippen molar-refractivity contribution in [1.82, 2.24) is 24.8 Å². The Hall–Kier alpha value is -4.63. The van der Waals surface area contributed by atoms with Crippen molar-refractivity contribution in [3.8, 4) is 0 Å². The van der Waals surface area contributed by atoms with E-state index in [4.69, 9.17) is 30.5 Å². The molecule has 1 aliphatic heterocycles. The van der Waals surface area contributed by atoms with Gasteiger partial charge in [0, 0.05) is 34.2 Å². The molecule has 1 fully saturated rings. The van der Waals surface area contributed by atoms with Crippen LogP contribution >= 0.6 is 11.6 Å². The van der Waals surface area contributed by atoms with E-state index in [0.717, 1.165) is 26.3 Å². The van der Waals surface area contributed by atoms with Gasteiger partial charge in [0.15, 0.2) is 41.4 Å². The molecule has 3 heterocycles. The minimum atomic E-state index is -1.56. The Balaban J connectivity index is 1.80. The molecule has 0 bridgehead atoms. The first-order valence-corrected chi connectivity index (χ1v) is 13.0. The Morgan fingerprint density at radius 3 is 2.14 bits per heavy atom. The maximum absolute atomic E-state index is 13.5. The van der Waals surface area contributed by atoms with E-state index in [0.29, 0.717) is 0 Å². The highest BCUT2D eigenvalue weighted by Crippen LogP contribution is 2.37. The number of hydrogen-bond donors (Lipinski definition) is 2. The van der Waals surface area contributed by atoms with Crippen molar-refractivity contribution < 1.29 is 42.9 Å². The predicted molar refractivity (Wildman–Crippen MR) is 143 cm³/mol. The standard InChI is InChI=1S/C26H27ClN6O9/c1-12(34)30-26-31-22(27)17-23(32-26)29-11-33(17)25-21(41-15(4)37)19(40-14(3)36)18(39-13(2)35)20(42-25)24(38)28-10-16-8-6-5-7-9-16/h5-9,11,18-21,25H,10H2,1-4H3,(H,28,38)(H,30,31,32,34)/t18-,19+,20-,21+,25?/m0/s1. The highest BCUT2D eigenvalue weighted by molar-refractivity contribution is 6.33. The van der Waals surface area contributed by atoms with Gasteiger partial charge in [-0.05, 0) is 5.56 Å². The number of nitrogens with zero attached hydrogens (tertiary/aromatic N) is 4. The molecule has 1 aromatic carbocycles. The fourth-order valence-corrected chi connectivity index (χ4v) is 4.68. The normalized spacial score (nSPS) is 21.7. The van der Waals surface area contributed by atoms with Crippen molar-refractivity contribution in [3.63, 3.8) is 0 Å². The number of aromatic nitrogens is 4. The first-order valence-electron chi connectivity index (χ1n) is 12.6. The van der Waals surface area contributed by atoms with Crippen molar-refractivity contribution in [3.05, 3.63) is 47.4 Å². The van der Waals surface area contributed by atoms with Crippen LogP contribution in [0.2, 0.25) is 5.15 Å². The second-order valence-electron chi connectivity index (χ2n) is 9.22. The van der Waals surface area contributed by atoms with Crippen LogP contribution in [-0.4, -0.2) is 73.7 Å². The van der Waals surface area contributed by atoms with Gasteiger partial charge in [0.1, 0.15) is 11.8 Å². The number of imidazole rings is 1. The summed E-state index contributed by atoms with van der Waals surface area (Å²) in [4.78, 5) is 74.0. The first kappa shape index (κ1) is 30.3. The molecular weight excluding hydrogens is 576 g/mol. The molecule has 2 N–H and O–H groups in total. The summed E-state index contributed by atoms with van der Waals surface area (Å²) in [6.07, 6.45) is -6.21. The van der Waals surface area contributed by atoms with Gasteiger partial charge in [0.25, 0.3) is 5.91 Å². The molecule has 1 saturated heterocycles. The lowest BCUT2D eigenvalue weighted by molar-refractivity contribution is -0.258. The number of nitrogens with one attached hydrogen (secondary N) is 2. The predicted octanol–water partition coefficient (Wildman–Crippen LogP) is 1.45. The molecular formula is C26H27ClN6O9. The van der Waals surface area contributed by atoms with E-state index < -0.39 is 60.4 Å². The van der Waals surface area contributed by atoms with Gasteiger partial charge in [-0.3, -0.25) is 33.9 Å². The molecule has 1 aliphatic rings. The van der Waals surface area contributed by atoms with Crippen LogP contribution in [-0.2, 0) is 49.5 Å². The maximum atomic E-state index is 13.5. The second-order valence-corrected chi connectivity index (χ2v) is 9.57. The monoisotopic (exact) mass is 602 g/mol. The second kappa shape index (κ2) is 12.9. The fourth-order valence-electron chi connectivity index (χ4n) is 4.42. The SMILES string of the molecule is CC(=O)Nc1nc(Cl)c2c(ncn2C2O[C@H](C(=O)NCc3ccccc3)[C@@H](OC(C)=O)[C@@H](OC(C)=O)[C@H]2OC(C)=O)n1. The average molecular weight is 603 g/mol. The molecule has 5 atom stereocenters. The van der Waals surface area contributed by atoms with Gasteiger partial charge in [-0.25, -0.2) is 4.98 Å². The average Bonchev–Trinajstić information content (AvgIpc) is 3.33. The molecule has 3 aromatic rings. The van der Waals surface area contributed by atoms with Gasteiger partial charge >= 0.3 is 17.9 Å². The van der Waals surface area contributed by atoms with E-state index in [1.165, 1.54) is 17.8 Å². The number of fused-ring (bicyclic) bond motifs is 1. The van der Waals surface area contributed by atoms with E-state index in [-0.39, 0.29) is 28.8 Å². The van der Waals surface area contributed by atoms with Gasteiger partial charge in [-0.15, -0.1) is 0 Å². The highest BCUT2D eigenvalue weighted by atomic mass is 35.5. The van der Waals surface area contributed by atoms with Crippen LogP contribution in [0.4, 0.5) is 5.95 Å². The number of anilines is 1. The van der Waals surface area contributed by atoms with E-state index in [1.54, 1.807) is 24.3 Å². The van der Waals surface area contributed by atoms with Crippen LogP contribution in [0.3, 0.4) is 0 Å². The molecule has 16 heteroatoms. The number of rotatable bonds is 8. The van der Waals surface area contributed by atoms with Crippen molar-refractivity contribution in [2.45, 2.75) is 64.9 Å². The molecule has 0 saturated carbocycles. The van der Waals surface area contributed by atoms with Gasteiger partial charge < -0.3 is 24.3 Å². The lowest BCUT2D eigenvalue weighted by Crippen LogP contribution is -2.62. The lowest BCUT2D eigenvalue weighted by Gasteiger charge is -2.44. The zero-order valence-electron chi connectivity index (χ0n) is 22.9. The van der Waals surface area contributed by atoms with Crippen molar-refractivity contribution in [2.24, 2.45) is 0 Å². The van der Waals surface area contributed by atoms with Crippen molar-refractivity contribution >= 4 is 58.4 Å². The summed E-state index contributed by atoms with van der Waals surface area (Å²) in [5, 5.41) is 4.97. The number of amides is 2. The van der Waals surface area contributed by atoms with Crippen LogP contribution in [0.15, 0.2) is 36.7 Å². The summed E-state index contributed by atoms with van der Waals surface area (Å²) in [7, 11) is 0. The van der Waals surface area contributed by atoms with E-state index >= 15 is 0 Å². The van der Waals surface area contributed by atoms with Crippen molar-refractivity contribution in [2.75, 3.05) is 5.32 Å². The minimum Gasteiger partial charge on any atom is -0.455 e. The quantitative estimate of drug-likeness (QED) is 0.215. The summed E-state index contributed by atoms with van der Waals surface area (Å²) < 4.78 is 23.9. The highest BCUT2D eigenvalue weighted by Gasteiger charge is 2.55. The van der Waals surface area contributed by atoms with Gasteiger partial charge in [-0.2, -0.15) is 9.97 Å². The first-order chi connectivity index (χ1) is 19.9. The Labute approximate surface area is 243 Å². The van der Waals surface area contributed by atoms with Crippen LogP contribution in [0.25, 0.3) is 11.2 Å². The number of benzene rings is 1. The number of halogens is 1. The molecule has 2 aromatic heterocycles. The minimum absolute atomic E-state index is 0.0279. The van der Waals surface area contributed by atoms with Crippen LogP contribution < -0.4 is 10.6 Å². The number of carbonyl (C=O) groups excluding carboxylic acids is 5. The van der Waals surface area contributed by atoms with Crippen LogP contribution in [0.1, 0.15) is 39.5 Å². The zero-order valence-corrected chi connectivity index (χ0v) is 23.7. The molecule has 0 spiro atoms. The van der Waals surface area contributed by atoms with Crippen LogP contribution in [0, 0.1) is 0 Å². The third-order valence-electron chi connectivity index (χ3n) is 5.93. The molecule has 42 heavy (non-hydrogen) atoms. The Morgan fingerprint density at radius 1 is 0.905 bits per heavy atom. The summed E-state index contributed by atoms with van der Waals surface area (Å²) in [5.74, 6) is -3.68. The Bertz CT molecular complexity index is 1510. The third kappa shape index (κ3) is 6.98. The number of hydrogen-bond acceptors (Lipinski definition) is 12. The summed E-state index contributed by atoms with van der Waals surface area (Å²) in [6, 6.07) is 9.00. The topological polar surface area (TPSA) is 190 Å². The summed E-state index contributed by atoms with van der Waals surface area (Å²) in [5.41, 5.74) is 0.889. The lowest BCUT2D eigenvalue weighted by atomic mass is 9.96. The third-order valence-corrected chi connectivity index (χ3v) is 6.20. The Kier molecular flexibility index (Phi) is 9.32. The molecule has 222 valence electrons. The largest absolute Gasteiger partial charge is 0.455 e. The van der Waals surface area contributed by atoms with E-state index in [1.807, 2.05) is 6.07 Å². The smallest absolute Gasteiger partial charge is 0.303 e. The maximum Gasteiger partial charge on any atom is 0.303 e. The van der Waals surface area contributed by atoms with Crippen LogP contribution in [0.5, 0.6) is 0 Å². The summed E-state index contributed by atoms with van der Waals surface area (Å²) >= 11 is 6.44. The molecule has 0 aliphatic carbocycles. The van der Waals surface area contributed by atoms with Gasteiger partial charge in [0.05, 0.1) is 0 Å². The number of carbonyl (C=O) groups is 5. The fraction of sp³-hybridized carbons (Fsp3) is 0.385. The molecule has 4 rings (SSSR count). The van der Waals surface area contributed by atoms with E-state index in [9.17, 15) is 24.0 Å². The van der Waals surface area contributed by atoms with Crippen molar-refractivity contribution in [1.29, 1.82) is 0 Å². The Morgan fingerprint density at radius 2 is 1.52 bits per heavy atom.